The molecule has 0 N–H and O–H groups in total. The van der Waals surface area contributed by atoms with Gasteiger partial charge in [0.15, 0.2) is 17.3 Å². The van der Waals surface area contributed by atoms with Gasteiger partial charge in [0.1, 0.15) is 0 Å². The van der Waals surface area contributed by atoms with Crippen LogP contribution in [0.4, 0.5) is 5.82 Å². The second kappa shape index (κ2) is 5.77. The average molecular weight is 335 g/mol. The predicted molar refractivity (Wildman–Crippen MR) is 94.5 cm³/mol. The van der Waals surface area contributed by atoms with E-state index < -0.39 is 0 Å². The highest BCUT2D eigenvalue weighted by atomic mass is 15.4. The molecule has 7 nitrogen and oxygen atoms in total. The summed E-state index contributed by atoms with van der Waals surface area (Å²) in [7, 11) is 2.15. The van der Waals surface area contributed by atoms with Crippen LogP contribution in [-0.4, -0.2) is 55.9 Å². The number of anilines is 1. The van der Waals surface area contributed by atoms with E-state index in [2.05, 4.69) is 47.7 Å². The van der Waals surface area contributed by atoms with Gasteiger partial charge in [-0.2, -0.15) is 5.10 Å². The maximum absolute atomic E-state index is 4.41. The van der Waals surface area contributed by atoms with Gasteiger partial charge in [0.25, 0.3) is 0 Å². The lowest BCUT2D eigenvalue weighted by molar-refractivity contribution is 0.192. The summed E-state index contributed by atoms with van der Waals surface area (Å²) in [6, 6.07) is 8.72. The molecule has 1 aliphatic carbocycles. The van der Waals surface area contributed by atoms with Crippen molar-refractivity contribution >= 4 is 11.5 Å². The van der Waals surface area contributed by atoms with Crippen LogP contribution in [0.1, 0.15) is 23.5 Å². The zero-order valence-corrected chi connectivity index (χ0v) is 14.3. The largest absolute Gasteiger partial charge is 0.352 e. The van der Waals surface area contributed by atoms with Crippen LogP contribution < -0.4 is 4.90 Å². The summed E-state index contributed by atoms with van der Waals surface area (Å²) in [6.45, 7) is 2.76. The monoisotopic (exact) mass is 335 g/mol. The molecule has 4 heterocycles. The maximum atomic E-state index is 4.41. The standard InChI is InChI=1S/C18H21N7/c1-23(12-18-22-20-16-7-2-3-8-25(16)18)14-10-24(11-14)17-9-13-5-4-6-15(13)19-21-17/h2-3,7-9,14H,4-6,10-12H2,1H3. The average Bonchev–Trinajstić information content (AvgIpc) is 3.20. The van der Waals surface area contributed by atoms with E-state index in [1.165, 1.54) is 17.7 Å². The normalized spacial score (nSPS) is 17.3. The molecule has 0 unspecified atom stereocenters. The van der Waals surface area contributed by atoms with Crippen molar-refractivity contribution in [1.82, 2.24) is 29.7 Å². The lowest BCUT2D eigenvalue weighted by Gasteiger charge is -2.44. The highest BCUT2D eigenvalue weighted by molar-refractivity contribution is 5.45. The van der Waals surface area contributed by atoms with Gasteiger partial charge in [0.05, 0.1) is 12.2 Å². The molecule has 3 aromatic heterocycles. The molecule has 128 valence electrons. The van der Waals surface area contributed by atoms with Gasteiger partial charge >= 0.3 is 0 Å². The molecule has 5 rings (SSSR count). The second-order valence-electron chi connectivity index (χ2n) is 7.05. The smallest absolute Gasteiger partial charge is 0.160 e. The Morgan fingerprint density at radius 1 is 1.12 bits per heavy atom. The first-order valence-corrected chi connectivity index (χ1v) is 8.87. The van der Waals surface area contributed by atoms with Gasteiger partial charge in [-0.05, 0) is 50.1 Å². The van der Waals surface area contributed by atoms with Crippen molar-refractivity contribution in [3.8, 4) is 0 Å². The van der Waals surface area contributed by atoms with Gasteiger partial charge in [-0.3, -0.25) is 9.30 Å². The topological polar surface area (TPSA) is 62.5 Å². The van der Waals surface area contributed by atoms with E-state index in [4.69, 9.17) is 0 Å². The van der Waals surface area contributed by atoms with Crippen LogP contribution in [0.25, 0.3) is 5.65 Å². The molecule has 1 aliphatic heterocycles. The Bertz CT molecular complexity index is 913. The molecule has 0 aromatic carbocycles. The van der Waals surface area contributed by atoms with Gasteiger partial charge in [-0.1, -0.05) is 6.07 Å². The molecule has 7 heteroatoms. The van der Waals surface area contributed by atoms with Crippen LogP contribution >= 0.6 is 0 Å². The van der Waals surface area contributed by atoms with E-state index in [9.17, 15) is 0 Å². The third-order valence-corrected chi connectivity index (χ3v) is 5.39. The first-order chi connectivity index (χ1) is 12.3. The summed E-state index contributed by atoms with van der Waals surface area (Å²) in [5.74, 6) is 2.01. The Morgan fingerprint density at radius 2 is 2.04 bits per heavy atom. The quantitative estimate of drug-likeness (QED) is 0.717. The van der Waals surface area contributed by atoms with E-state index in [1.54, 1.807) is 0 Å². The van der Waals surface area contributed by atoms with Gasteiger partial charge < -0.3 is 4.90 Å². The lowest BCUT2D eigenvalue weighted by atomic mass is 10.1. The van der Waals surface area contributed by atoms with E-state index >= 15 is 0 Å². The van der Waals surface area contributed by atoms with Crippen molar-refractivity contribution in [3.63, 3.8) is 0 Å². The third kappa shape index (κ3) is 2.55. The van der Waals surface area contributed by atoms with Gasteiger partial charge in [0.2, 0.25) is 0 Å². The number of aromatic nitrogens is 5. The van der Waals surface area contributed by atoms with Gasteiger partial charge in [-0.25, -0.2) is 0 Å². The zero-order chi connectivity index (χ0) is 16.8. The van der Waals surface area contributed by atoms with Gasteiger partial charge in [-0.15, -0.1) is 15.3 Å². The van der Waals surface area contributed by atoms with Gasteiger partial charge in [0, 0.05) is 25.3 Å². The molecule has 0 saturated carbocycles. The summed E-state index contributed by atoms with van der Waals surface area (Å²) in [5, 5.41) is 17.4. The highest BCUT2D eigenvalue weighted by Crippen LogP contribution is 2.26. The molecular formula is C18H21N7. The van der Waals surface area contributed by atoms with Crippen LogP contribution in [0, 0.1) is 0 Å². The van der Waals surface area contributed by atoms with Crippen LogP contribution in [0.3, 0.4) is 0 Å². The number of rotatable bonds is 4. The summed E-state index contributed by atoms with van der Waals surface area (Å²) in [6.07, 6.45) is 5.46. The van der Waals surface area contributed by atoms with Crippen LogP contribution in [-0.2, 0) is 19.4 Å². The van der Waals surface area contributed by atoms with Crippen molar-refractivity contribution in [2.24, 2.45) is 0 Å². The molecule has 0 radical (unpaired) electrons. The lowest BCUT2D eigenvalue weighted by Crippen LogP contribution is -2.58. The zero-order valence-electron chi connectivity index (χ0n) is 14.3. The van der Waals surface area contributed by atoms with Crippen molar-refractivity contribution in [3.05, 3.63) is 47.5 Å². The molecule has 2 aliphatic rings. The molecule has 0 bridgehead atoms. The number of likely N-dealkylation sites (N-methyl/N-ethyl adjacent to an activating group) is 1. The number of fused-ring (bicyclic) bond motifs is 2. The second-order valence-corrected chi connectivity index (χ2v) is 7.05. The maximum Gasteiger partial charge on any atom is 0.160 e. The van der Waals surface area contributed by atoms with E-state index in [-0.39, 0.29) is 0 Å². The number of nitrogens with zero attached hydrogens (tertiary/aromatic N) is 7. The van der Waals surface area contributed by atoms with Crippen LogP contribution in [0.2, 0.25) is 0 Å². The molecule has 1 fully saturated rings. The summed E-state index contributed by atoms with van der Waals surface area (Å²) in [4.78, 5) is 4.66. The molecule has 25 heavy (non-hydrogen) atoms. The van der Waals surface area contributed by atoms with E-state index in [1.807, 2.05) is 24.4 Å². The SMILES string of the molecule is CN(Cc1nnc2ccccn12)C1CN(c2cc3c(nn2)CCC3)C1. The minimum atomic E-state index is 0.506. The first kappa shape index (κ1) is 14.8. The molecular weight excluding hydrogens is 314 g/mol. The Hall–Kier alpha value is -2.54. The highest BCUT2D eigenvalue weighted by Gasteiger charge is 2.32. The van der Waals surface area contributed by atoms with Crippen LogP contribution in [0.15, 0.2) is 30.5 Å². The first-order valence-electron chi connectivity index (χ1n) is 8.87. The predicted octanol–water partition coefficient (Wildman–Crippen LogP) is 1.33. The summed E-state index contributed by atoms with van der Waals surface area (Å²) >= 11 is 0. The Morgan fingerprint density at radius 3 is 2.96 bits per heavy atom. The Kier molecular flexibility index (Phi) is 3.41. The fourth-order valence-electron chi connectivity index (χ4n) is 3.74. The fraction of sp³-hybridized carbons (Fsp3) is 0.444. The van der Waals surface area contributed by atoms with Crippen molar-refractivity contribution in [1.29, 1.82) is 0 Å². The molecule has 0 amide bonds. The van der Waals surface area contributed by atoms with Crippen molar-refractivity contribution < 1.29 is 0 Å². The number of hydrogen-bond donors (Lipinski definition) is 0. The van der Waals surface area contributed by atoms with E-state index in [0.717, 1.165) is 49.8 Å². The molecule has 1 saturated heterocycles. The Labute approximate surface area is 146 Å². The number of pyridine rings is 1. The number of aryl methyl sites for hydroxylation is 2. The molecule has 0 atom stereocenters. The Balaban J connectivity index is 1.24. The molecule has 3 aromatic rings. The minimum Gasteiger partial charge on any atom is -0.352 e. The van der Waals surface area contributed by atoms with Crippen molar-refractivity contribution in [2.45, 2.75) is 31.8 Å². The van der Waals surface area contributed by atoms with Crippen molar-refractivity contribution in [2.75, 3.05) is 25.0 Å². The molecule has 0 spiro atoms. The number of hydrogen-bond acceptors (Lipinski definition) is 6. The van der Waals surface area contributed by atoms with Crippen LogP contribution in [0.5, 0.6) is 0 Å². The summed E-state index contributed by atoms with van der Waals surface area (Å²) in [5.41, 5.74) is 3.47. The third-order valence-electron chi connectivity index (χ3n) is 5.39. The fourth-order valence-corrected chi connectivity index (χ4v) is 3.74. The minimum absolute atomic E-state index is 0.506. The summed E-state index contributed by atoms with van der Waals surface area (Å²) < 4.78 is 2.05. The van der Waals surface area contributed by atoms with E-state index in [0.29, 0.717) is 6.04 Å².